The van der Waals surface area contributed by atoms with E-state index in [4.69, 9.17) is 9.47 Å². The molecule has 0 radical (unpaired) electrons. The van der Waals surface area contributed by atoms with Gasteiger partial charge in [0.1, 0.15) is 24.0 Å². The molecule has 5 nitrogen and oxygen atoms in total. The minimum Gasteiger partial charge on any atom is -0.489 e. The second-order valence-corrected chi connectivity index (χ2v) is 5.27. The molecular weight excluding hydrogens is 316 g/mol. The highest BCUT2D eigenvalue weighted by Gasteiger charge is 2.08. The lowest BCUT2D eigenvalue weighted by molar-refractivity contribution is -0.117. The van der Waals surface area contributed by atoms with Gasteiger partial charge in [-0.3, -0.25) is 4.79 Å². The standard InChI is InChI=1S/C20H20N2O3/c1-24-11-10-22-20(23)18(14-21)12-17-8-5-9-19(13-17)25-15-16-6-3-2-4-7-16/h2-9,12-13H,10-11,15H2,1H3,(H,22,23)/b18-12+. The number of nitrogens with zero attached hydrogens (tertiary/aromatic N) is 1. The molecule has 0 atom stereocenters. The van der Waals surface area contributed by atoms with Crippen LogP contribution in [-0.2, 0) is 16.1 Å². The van der Waals surface area contributed by atoms with Gasteiger partial charge in [-0.05, 0) is 29.3 Å². The van der Waals surface area contributed by atoms with Crippen LogP contribution in [0.25, 0.3) is 6.08 Å². The SMILES string of the molecule is COCCNC(=O)/C(C#N)=C/c1cccc(OCc2ccccc2)c1. The van der Waals surface area contributed by atoms with Crippen molar-refractivity contribution in [2.45, 2.75) is 6.61 Å². The van der Waals surface area contributed by atoms with Crippen LogP contribution in [0.1, 0.15) is 11.1 Å². The van der Waals surface area contributed by atoms with Crippen molar-refractivity contribution < 1.29 is 14.3 Å². The first-order valence-corrected chi connectivity index (χ1v) is 7.88. The Hall–Kier alpha value is -3.10. The van der Waals surface area contributed by atoms with Crippen LogP contribution in [0, 0.1) is 11.3 Å². The van der Waals surface area contributed by atoms with Crippen LogP contribution in [0.5, 0.6) is 5.75 Å². The Morgan fingerprint density at radius 1 is 1.20 bits per heavy atom. The summed E-state index contributed by atoms with van der Waals surface area (Å²) in [4.78, 5) is 12.0. The lowest BCUT2D eigenvalue weighted by Gasteiger charge is -2.07. The number of rotatable bonds is 8. The van der Waals surface area contributed by atoms with Gasteiger partial charge in [0, 0.05) is 13.7 Å². The van der Waals surface area contributed by atoms with Crippen LogP contribution >= 0.6 is 0 Å². The predicted octanol–water partition coefficient (Wildman–Crippen LogP) is 2.94. The molecule has 0 fully saturated rings. The second-order valence-electron chi connectivity index (χ2n) is 5.27. The molecule has 0 aliphatic heterocycles. The van der Waals surface area contributed by atoms with Gasteiger partial charge in [-0.25, -0.2) is 0 Å². The molecule has 0 saturated heterocycles. The van der Waals surface area contributed by atoms with Gasteiger partial charge >= 0.3 is 0 Å². The quantitative estimate of drug-likeness (QED) is 0.457. The summed E-state index contributed by atoms with van der Waals surface area (Å²) in [7, 11) is 1.55. The Morgan fingerprint density at radius 2 is 2.00 bits per heavy atom. The molecule has 0 aliphatic carbocycles. The third-order valence-electron chi connectivity index (χ3n) is 3.37. The molecule has 0 aromatic heterocycles. The number of amides is 1. The molecule has 2 aromatic carbocycles. The van der Waals surface area contributed by atoms with E-state index in [0.717, 1.165) is 11.1 Å². The third-order valence-corrected chi connectivity index (χ3v) is 3.37. The predicted molar refractivity (Wildman–Crippen MR) is 95.7 cm³/mol. The molecule has 128 valence electrons. The minimum atomic E-state index is -0.421. The van der Waals surface area contributed by atoms with E-state index in [-0.39, 0.29) is 5.57 Å². The molecule has 0 unspecified atom stereocenters. The van der Waals surface area contributed by atoms with Crippen molar-refractivity contribution in [3.05, 3.63) is 71.3 Å². The zero-order valence-electron chi connectivity index (χ0n) is 14.1. The number of methoxy groups -OCH3 is 1. The first-order chi connectivity index (χ1) is 12.2. The molecule has 2 rings (SSSR count). The van der Waals surface area contributed by atoms with Crippen LogP contribution in [0.3, 0.4) is 0 Å². The first-order valence-electron chi connectivity index (χ1n) is 7.88. The van der Waals surface area contributed by atoms with Gasteiger partial charge in [-0.1, -0.05) is 42.5 Å². The largest absolute Gasteiger partial charge is 0.489 e. The summed E-state index contributed by atoms with van der Waals surface area (Å²) in [5, 5.41) is 11.8. The van der Waals surface area contributed by atoms with Crippen molar-refractivity contribution >= 4 is 12.0 Å². The molecule has 2 aromatic rings. The van der Waals surface area contributed by atoms with Crippen LogP contribution in [0.2, 0.25) is 0 Å². The monoisotopic (exact) mass is 336 g/mol. The zero-order valence-corrected chi connectivity index (χ0v) is 14.1. The molecule has 0 aliphatic rings. The zero-order chi connectivity index (χ0) is 17.9. The van der Waals surface area contributed by atoms with Crippen molar-refractivity contribution in [1.82, 2.24) is 5.32 Å². The first kappa shape index (κ1) is 18.2. The fraction of sp³-hybridized carbons (Fsp3) is 0.200. The molecule has 0 bridgehead atoms. The van der Waals surface area contributed by atoms with Crippen LogP contribution in [0.15, 0.2) is 60.2 Å². The number of benzene rings is 2. The van der Waals surface area contributed by atoms with E-state index in [1.165, 1.54) is 6.08 Å². The molecule has 1 amide bonds. The smallest absolute Gasteiger partial charge is 0.262 e. The molecule has 0 heterocycles. The van der Waals surface area contributed by atoms with E-state index in [1.54, 1.807) is 13.2 Å². The van der Waals surface area contributed by atoms with Crippen molar-refractivity contribution in [1.29, 1.82) is 5.26 Å². The maximum atomic E-state index is 12.0. The van der Waals surface area contributed by atoms with E-state index >= 15 is 0 Å². The summed E-state index contributed by atoms with van der Waals surface area (Å²) in [5.41, 5.74) is 1.83. The maximum Gasteiger partial charge on any atom is 0.262 e. The molecular formula is C20H20N2O3. The van der Waals surface area contributed by atoms with Crippen LogP contribution in [-0.4, -0.2) is 26.2 Å². The van der Waals surface area contributed by atoms with Crippen molar-refractivity contribution in [2.75, 3.05) is 20.3 Å². The summed E-state index contributed by atoms with van der Waals surface area (Å²) in [6.45, 7) is 1.21. The van der Waals surface area contributed by atoms with Crippen molar-refractivity contribution in [3.63, 3.8) is 0 Å². The summed E-state index contributed by atoms with van der Waals surface area (Å²) < 4.78 is 10.6. The Balaban J connectivity index is 2.03. The van der Waals surface area contributed by atoms with E-state index < -0.39 is 5.91 Å². The highest BCUT2D eigenvalue weighted by atomic mass is 16.5. The van der Waals surface area contributed by atoms with Gasteiger partial charge in [0.05, 0.1) is 6.61 Å². The summed E-state index contributed by atoms with van der Waals surface area (Å²) in [6.07, 6.45) is 1.54. The number of nitriles is 1. The molecule has 0 spiro atoms. The Kier molecular flexibility index (Phi) is 7.23. The second kappa shape index (κ2) is 9.91. The fourth-order valence-electron chi connectivity index (χ4n) is 2.11. The average molecular weight is 336 g/mol. The lowest BCUT2D eigenvalue weighted by Crippen LogP contribution is -2.27. The number of nitrogens with one attached hydrogen (secondary N) is 1. The van der Waals surface area contributed by atoms with Crippen LogP contribution in [0.4, 0.5) is 0 Å². The molecule has 5 heteroatoms. The fourth-order valence-corrected chi connectivity index (χ4v) is 2.11. The maximum absolute atomic E-state index is 12.0. The normalized spacial score (nSPS) is 10.8. The summed E-state index contributed by atoms with van der Waals surface area (Å²) in [5.74, 6) is 0.254. The van der Waals surface area contributed by atoms with Gasteiger partial charge in [0.2, 0.25) is 0 Å². The number of hydrogen-bond donors (Lipinski definition) is 1. The van der Waals surface area contributed by atoms with Gasteiger partial charge in [0.25, 0.3) is 5.91 Å². The van der Waals surface area contributed by atoms with Gasteiger partial charge < -0.3 is 14.8 Å². The van der Waals surface area contributed by atoms with Gasteiger partial charge in [-0.2, -0.15) is 5.26 Å². The highest BCUT2D eigenvalue weighted by Crippen LogP contribution is 2.17. The number of ether oxygens (including phenoxy) is 2. The molecule has 25 heavy (non-hydrogen) atoms. The Bertz CT molecular complexity index is 764. The topological polar surface area (TPSA) is 71.3 Å². The number of hydrogen-bond acceptors (Lipinski definition) is 4. The minimum absolute atomic E-state index is 0.0383. The van der Waals surface area contributed by atoms with E-state index in [0.29, 0.717) is 25.5 Å². The Labute approximate surface area is 147 Å². The summed E-state index contributed by atoms with van der Waals surface area (Å²) >= 11 is 0. The average Bonchev–Trinajstić information content (AvgIpc) is 2.65. The third kappa shape index (κ3) is 6.13. The number of carbonyl (C=O) groups excluding carboxylic acids is 1. The Morgan fingerprint density at radius 3 is 2.72 bits per heavy atom. The van der Waals surface area contributed by atoms with E-state index in [1.807, 2.05) is 54.6 Å². The molecule has 0 saturated carbocycles. The van der Waals surface area contributed by atoms with Crippen molar-refractivity contribution in [2.24, 2.45) is 0 Å². The van der Waals surface area contributed by atoms with Crippen LogP contribution < -0.4 is 10.1 Å². The van der Waals surface area contributed by atoms with E-state index in [9.17, 15) is 10.1 Å². The molecule has 1 N–H and O–H groups in total. The van der Waals surface area contributed by atoms with Gasteiger partial charge in [-0.15, -0.1) is 0 Å². The number of carbonyl (C=O) groups is 1. The highest BCUT2D eigenvalue weighted by molar-refractivity contribution is 6.01. The lowest BCUT2D eigenvalue weighted by atomic mass is 10.1. The van der Waals surface area contributed by atoms with Gasteiger partial charge in [0.15, 0.2) is 0 Å². The summed E-state index contributed by atoms with van der Waals surface area (Å²) in [6, 6.07) is 19.0. The van der Waals surface area contributed by atoms with E-state index in [2.05, 4.69) is 5.32 Å². The van der Waals surface area contributed by atoms with Crippen molar-refractivity contribution in [3.8, 4) is 11.8 Å².